The van der Waals surface area contributed by atoms with E-state index in [1.807, 2.05) is 38.1 Å². The summed E-state index contributed by atoms with van der Waals surface area (Å²) in [5.74, 6) is 0.516. The summed E-state index contributed by atoms with van der Waals surface area (Å²) in [6.45, 7) is 5.29. The number of benzene rings is 2. The molecule has 0 radical (unpaired) electrons. The van der Waals surface area contributed by atoms with Crippen LogP contribution in [0.15, 0.2) is 53.4 Å². The van der Waals surface area contributed by atoms with Crippen LogP contribution in [0.2, 0.25) is 0 Å². The number of sulfonamides is 1. The Hall–Kier alpha value is -2.58. The van der Waals surface area contributed by atoms with Crippen molar-refractivity contribution in [3.8, 4) is 5.75 Å². The maximum atomic E-state index is 13.2. The Kier molecular flexibility index (Phi) is 5.86. The fourth-order valence-corrected chi connectivity index (χ4v) is 5.27. The molecule has 1 saturated heterocycles. The first-order valence-electron chi connectivity index (χ1n) is 9.43. The third-order valence-electron chi connectivity index (χ3n) is 5.22. The van der Waals surface area contributed by atoms with E-state index in [2.05, 4.69) is 10.2 Å². The average Bonchev–Trinajstić information content (AvgIpc) is 2.72. The number of methoxy groups -OCH3 is 1. The van der Waals surface area contributed by atoms with E-state index in [0.29, 0.717) is 25.2 Å². The molecular weight excluding hydrogens is 390 g/mol. The number of hydrogen-bond donors (Lipinski definition) is 1. The van der Waals surface area contributed by atoms with E-state index in [-0.39, 0.29) is 10.8 Å². The highest BCUT2D eigenvalue weighted by Gasteiger charge is 2.39. The zero-order valence-electron chi connectivity index (χ0n) is 17.2. The highest BCUT2D eigenvalue weighted by atomic mass is 32.2. The number of piperazine rings is 1. The summed E-state index contributed by atoms with van der Waals surface area (Å²) in [6, 6.07) is 13.8. The zero-order valence-corrected chi connectivity index (χ0v) is 18.0. The standard InChI is InChI=1S/C21H27N3O4S/c1-21(2)15-23(13-14-24(21)18-7-5-6-8-19(18)28-4)29(26,27)17-11-9-16(10-12-17)20(25)22-3/h5-12H,13-15H2,1-4H3,(H,22,25). The number of anilines is 1. The van der Waals surface area contributed by atoms with Crippen molar-refractivity contribution in [2.75, 3.05) is 38.7 Å². The second-order valence-corrected chi connectivity index (χ2v) is 9.52. The predicted molar refractivity (Wildman–Crippen MR) is 113 cm³/mol. The van der Waals surface area contributed by atoms with E-state index >= 15 is 0 Å². The van der Waals surface area contributed by atoms with Gasteiger partial charge in [0.1, 0.15) is 5.75 Å². The number of rotatable bonds is 5. The van der Waals surface area contributed by atoms with Crippen molar-refractivity contribution < 1.29 is 17.9 Å². The summed E-state index contributed by atoms with van der Waals surface area (Å²) < 4.78 is 33.3. The van der Waals surface area contributed by atoms with Gasteiger partial charge in [-0.3, -0.25) is 4.79 Å². The first kappa shape index (κ1) is 21.1. The van der Waals surface area contributed by atoms with Gasteiger partial charge in [-0.2, -0.15) is 4.31 Å². The average molecular weight is 418 g/mol. The van der Waals surface area contributed by atoms with Crippen molar-refractivity contribution in [2.45, 2.75) is 24.3 Å². The number of hydrogen-bond acceptors (Lipinski definition) is 5. The summed E-state index contributed by atoms with van der Waals surface area (Å²) >= 11 is 0. The van der Waals surface area contributed by atoms with Crippen molar-refractivity contribution in [2.24, 2.45) is 0 Å². The van der Waals surface area contributed by atoms with Crippen LogP contribution in [0.3, 0.4) is 0 Å². The SMILES string of the molecule is CNC(=O)c1ccc(S(=O)(=O)N2CCN(c3ccccc3OC)C(C)(C)C2)cc1. The van der Waals surface area contributed by atoms with Gasteiger partial charge >= 0.3 is 0 Å². The molecule has 1 aliphatic heterocycles. The molecule has 8 heteroatoms. The second kappa shape index (κ2) is 8.04. The molecule has 156 valence electrons. The van der Waals surface area contributed by atoms with Crippen LogP contribution in [0, 0.1) is 0 Å². The second-order valence-electron chi connectivity index (χ2n) is 7.58. The largest absolute Gasteiger partial charge is 0.495 e. The maximum absolute atomic E-state index is 13.2. The molecule has 1 aliphatic rings. The molecule has 29 heavy (non-hydrogen) atoms. The summed E-state index contributed by atoms with van der Waals surface area (Å²) in [7, 11) is -0.488. The highest BCUT2D eigenvalue weighted by molar-refractivity contribution is 7.89. The minimum atomic E-state index is -3.66. The van der Waals surface area contributed by atoms with Gasteiger partial charge < -0.3 is 15.0 Å². The van der Waals surface area contributed by atoms with Gasteiger partial charge in [0.25, 0.3) is 5.91 Å². The molecule has 0 aliphatic carbocycles. The number of amides is 1. The lowest BCUT2D eigenvalue weighted by molar-refractivity contribution is 0.0963. The van der Waals surface area contributed by atoms with Gasteiger partial charge in [0.15, 0.2) is 0 Å². The molecule has 0 spiro atoms. The Balaban J connectivity index is 1.84. The Morgan fingerprint density at radius 3 is 2.31 bits per heavy atom. The Bertz CT molecular complexity index is 987. The van der Waals surface area contributed by atoms with Crippen LogP contribution in [0.5, 0.6) is 5.75 Å². The van der Waals surface area contributed by atoms with Crippen molar-refractivity contribution in [3.05, 3.63) is 54.1 Å². The molecule has 0 unspecified atom stereocenters. The molecule has 7 nitrogen and oxygen atoms in total. The summed E-state index contributed by atoms with van der Waals surface area (Å²) in [4.78, 5) is 14.1. The molecule has 0 aromatic heterocycles. The number of carbonyl (C=O) groups excluding carboxylic acids is 1. The lowest BCUT2D eigenvalue weighted by Crippen LogP contribution is -2.60. The van der Waals surface area contributed by atoms with E-state index in [0.717, 1.165) is 11.4 Å². The zero-order chi connectivity index (χ0) is 21.2. The maximum Gasteiger partial charge on any atom is 0.251 e. The third kappa shape index (κ3) is 4.09. The number of carbonyl (C=O) groups is 1. The minimum Gasteiger partial charge on any atom is -0.495 e. The summed E-state index contributed by atoms with van der Waals surface area (Å²) in [5, 5.41) is 2.53. The first-order chi connectivity index (χ1) is 13.7. The monoisotopic (exact) mass is 417 g/mol. The molecular formula is C21H27N3O4S. The van der Waals surface area contributed by atoms with Crippen LogP contribution in [-0.4, -0.2) is 58.0 Å². The lowest BCUT2D eigenvalue weighted by Gasteiger charge is -2.48. The van der Waals surface area contributed by atoms with E-state index in [1.165, 1.54) is 35.6 Å². The fourth-order valence-electron chi connectivity index (χ4n) is 3.69. The number of nitrogens with one attached hydrogen (secondary N) is 1. The predicted octanol–water partition coefficient (Wildman–Crippen LogP) is 2.34. The minimum absolute atomic E-state index is 0.187. The molecule has 1 N–H and O–H groups in total. The molecule has 0 saturated carbocycles. The van der Waals surface area contributed by atoms with Gasteiger partial charge in [-0.15, -0.1) is 0 Å². The normalized spacial score (nSPS) is 17.0. The van der Waals surface area contributed by atoms with E-state index < -0.39 is 15.6 Å². The number of para-hydroxylation sites is 2. The lowest BCUT2D eigenvalue weighted by atomic mass is 9.99. The van der Waals surface area contributed by atoms with Gasteiger partial charge in [0.2, 0.25) is 10.0 Å². The molecule has 1 amide bonds. The number of ether oxygens (including phenoxy) is 1. The highest BCUT2D eigenvalue weighted by Crippen LogP contribution is 2.36. The molecule has 0 atom stereocenters. The Morgan fingerprint density at radius 1 is 1.07 bits per heavy atom. The third-order valence-corrected chi connectivity index (χ3v) is 7.08. The molecule has 1 heterocycles. The van der Waals surface area contributed by atoms with Gasteiger partial charge in [0, 0.05) is 37.8 Å². The van der Waals surface area contributed by atoms with Gasteiger partial charge in [-0.25, -0.2) is 8.42 Å². The van der Waals surface area contributed by atoms with Crippen molar-refractivity contribution in [1.82, 2.24) is 9.62 Å². The number of nitrogens with zero attached hydrogens (tertiary/aromatic N) is 2. The Morgan fingerprint density at radius 2 is 1.72 bits per heavy atom. The topological polar surface area (TPSA) is 79.0 Å². The molecule has 2 aromatic carbocycles. The fraction of sp³-hybridized carbons (Fsp3) is 0.381. The van der Waals surface area contributed by atoms with E-state index in [1.54, 1.807) is 7.11 Å². The quantitative estimate of drug-likeness (QED) is 0.808. The smallest absolute Gasteiger partial charge is 0.251 e. The Labute approximate surface area is 172 Å². The van der Waals surface area contributed by atoms with Crippen molar-refractivity contribution in [3.63, 3.8) is 0 Å². The molecule has 0 bridgehead atoms. The van der Waals surface area contributed by atoms with Crippen LogP contribution in [0.4, 0.5) is 5.69 Å². The molecule has 3 rings (SSSR count). The summed E-state index contributed by atoms with van der Waals surface area (Å²) in [6.07, 6.45) is 0. The van der Waals surface area contributed by atoms with Gasteiger partial charge in [0.05, 0.1) is 17.7 Å². The summed E-state index contributed by atoms with van der Waals surface area (Å²) in [5.41, 5.74) is 0.946. The van der Waals surface area contributed by atoms with E-state index in [9.17, 15) is 13.2 Å². The van der Waals surface area contributed by atoms with Crippen LogP contribution in [-0.2, 0) is 10.0 Å². The first-order valence-corrected chi connectivity index (χ1v) is 10.9. The van der Waals surface area contributed by atoms with Crippen LogP contribution >= 0.6 is 0 Å². The van der Waals surface area contributed by atoms with Gasteiger partial charge in [-0.05, 0) is 50.2 Å². The molecule has 1 fully saturated rings. The van der Waals surface area contributed by atoms with Crippen molar-refractivity contribution >= 4 is 21.6 Å². The molecule has 2 aromatic rings. The van der Waals surface area contributed by atoms with Crippen LogP contribution in [0.25, 0.3) is 0 Å². The van der Waals surface area contributed by atoms with Crippen molar-refractivity contribution in [1.29, 1.82) is 0 Å². The van der Waals surface area contributed by atoms with E-state index in [4.69, 9.17) is 4.74 Å². The van der Waals surface area contributed by atoms with Crippen LogP contribution in [0.1, 0.15) is 24.2 Å². The van der Waals surface area contributed by atoms with Gasteiger partial charge in [-0.1, -0.05) is 12.1 Å². The van der Waals surface area contributed by atoms with Crippen LogP contribution < -0.4 is 15.0 Å².